The second-order valence-corrected chi connectivity index (χ2v) is 8.76. The lowest BCUT2D eigenvalue weighted by molar-refractivity contribution is 0.00545. The summed E-state index contributed by atoms with van der Waals surface area (Å²) in [6.45, 7) is 13.5. The normalized spacial score (nSPS) is 32.1. The standard InChI is InChI=1S/C18H34N2O2/c1-13-14(19-15-10-7-11-18(15,5)6)9-8-12-20(13)16(21)22-17(2,3)4/h13-15,19H,7-12H2,1-6H3. The predicted molar refractivity (Wildman–Crippen MR) is 90.0 cm³/mol. The summed E-state index contributed by atoms with van der Waals surface area (Å²) in [4.78, 5) is 14.3. The van der Waals surface area contributed by atoms with E-state index < -0.39 is 5.60 Å². The zero-order valence-electron chi connectivity index (χ0n) is 15.2. The second-order valence-electron chi connectivity index (χ2n) is 8.76. The van der Waals surface area contributed by atoms with Crippen LogP contribution in [0.2, 0.25) is 0 Å². The highest BCUT2D eigenvalue weighted by Crippen LogP contribution is 2.38. The minimum absolute atomic E-state index is 0.169. The molecule has 1 amide bonds. The van der Waals surface area contributed by atoms with E-state index in [9.17, 15) is 4.79 Å². The molecule has 4 heteroatoms. The van der Waals surface area contributed by atoms with Crippen molar-refractivity contribution < 1.29 is 9.53 Å². The summed E-state index contributed by atoms with van der Waals surface area (Å²) in [6.07, 6.45) is 5.88. The highest BCUT2D eigenvalue weighted by atomic mass is 16.6. The summed E-state index contributed by atoms with van der Waals surface area (Å²) in [6, 6.07) is 1.14. The lowest BCUT2D eigenvalue weighted by Crippen LogP contribution is -2.58. The van der Waals surface area contributed by atoms with E-state index in [2.05, 4.69) is 26.1 Å². The summed E-state index contributed by atoms with van der Waals surface area (Å²) < 4.78 is 5.57. The summed E-state index contributed by atoms with van der Waals surface area (Å²) in [5, 5.41) is 3.86. The van der Waals surface area contributed by atoms with Crippen LogP contribution in [-0.4, -0.2) is 41.3 Å². The van der Waals surface area contributed by atoms with E-state index >= 15 is 0 Å². The number of likely N-dealkylation sites (tertiary alicyclic amines) is 1. The molecule has 3 unspecified atom stereocenters. The molecule has 128 valence electrons. The number of ether oxygens (including phenoxy) is 1. The van der Waals surface area contributed by atoms with Crippen molar-refractivity contribution in [2.24, 2.45) is 5.41 Å². The fourth-order valence-electron chi connectivity index (χ4n) is 3.84. The van der Waals surface area contributed by atoms with Gasteiger partial charge < -0.3 is 15.0 Å². The number of rotatable bonds is 2. The van der Waals surface area contributed by atoms with Crippen molar-refractivity contribution in [3.05, 3.63) is 0 Å². The maximum atomic E-state index is 12.4. The van der Waals surface area contributed by atoms with Crippen molar-refractivity contribution in [1.29, 1.82) is 0 Å². The predicted octanol–water partition coefficient (Wildman–Crippen LogP) is 3.94. The fraction of sp³-hybridized carbons (Fsp3) is 0.944. The topological polar surface area (TPSA) is 41.6 Å². The van der Waals surface area contributed by atoms with Crippen molar-refractivity contribution in [3.8, 4) is 0 Å². The van der Waals surface area contributed by atoms with Gasteiger partial charge in [-0.1, -0.05) is 20.3 Å². The van der Waals surface area contributed by atoms with Crippen molar-refractivity contribution >= 4 is 6.09 Å². The second kappa shape index (κ2) is 6.38. The third-order valence-corrected chi connectivity index (χ3v) is 5.29. The molecule has 2 rings (SSSR count). The Morgan fingerprint density at radius 1 is 1.23 bits per heavy atom. The van der Waals surface area contributed by atoms with Crippen LogP contribution in [0.15, 0.2) is 0 Å². The van der Waals surface area contributed by atoms with Gasteiger partial charge >= 0.3 is 6.09 Å². The Bertz CT molecular complexity index is 400. The van der Waals surface area contributed by atoms with Gasteiger partial charge in [0, 0.05) is 24.7 Å². The average molecular weight is 310 g/mol. The van der Waals surface area contributed by atoms with Crippen molar-refractivity contribution in [2.45, 2.75) is 97.4 Å². The Morgan fingerprint density at radius 3 is 2.45 bits per heavy atom. The molecule has 0 aromatic carbocycles. The molecule has 0 spiro atoms. The summed E-state index contributed by atoms with van der Waals surface area (Å²) in [5.74, 6) is 0. The molecular weight excluding hydrogens is 276 g/mol. The van der Waals surface area contributed by atoms with Crippen LogP contribution in [0.4, 0.5) is 4.79 Å². The number of hydrogen-bond donors (Lipinski definition) is 1. The van der Waals surface area contributed by atoms with Gasteiger partial charge in [0.05, 0.1) is 0 Å². The Morgan fingerprint density at radius 2 is 1.91 bits per heavy atom. The van der Waals surface area contributed by atoms with Crippen LogP contribution in [0.25, 0.3) is 0 Å². The van der Waals surface area contributed by atoms with Gasteiger partial charge in [0.1, 0.15) is 5.60 Å². The smallest absolute Gasteiger partial charge is 0.410 e. The minimum atomic E-state index is -0.426. The molecule has 1 saturated carbocycles. The molecule has 1 aliphatic carbocycles. The number of nitrogens with zero attached hydrogens (tertiary/aromatic N) is 1. The molecule has 3 atom stereocenters. The molecule has 2 aliphatic rings. The SMILES string of the molecule is CC1C(NC2CCCC2(C)C)CCCN1C(=O)OC(C)(C)C. The van der Waals surface area contributed by atoms with Crippen LogP contribution < -0.4 is 5.32 Å². The molecule has 4 nitrogen and oxygen atoms in total. The first kappa shape index (κ1) is 17.6. The van der Waals surface area contributed by atoms with Crippen LogP contribution in [-0.2, 0) is 4.74 Å². The summed E-state index contributed by atoms with van der Waals surface area (Å²) in [5.41, 5.74) is -0.0570. The largest absolute Gasteiger partial charge is 0.444 e. The van der Waals surface area contributed by atoms with Crippen molar-refractivity contribution in [1.82, 2.24) is 10.2 Å². The van der Waals surface area contributed by atoms with Crippen LogP contribution in [0.3, 0.4) is 0 Å². The summed E-state index contributed by atoms with van der Waals surface area (Å²) >= 11 is 0. The van der Waals surface area contributed by atoms with Gasteiger partial charge in [0.25, 0.3) is 0 Å². The van der Waals surface area contributed by atoms with Crippen LogP contribution in [0.5, 0.6) is 0 Å². The van der Waals surface area contributed by atoms with E-state index in [0.717, 1.165) is 19.4 Å². The molecule has 22 heavy (non-hydrogen) atoms. The molecule has 0 aromatic rings. The Kier molecular flexibility index (Phi) is 5.10. The molecule has 1 heterocycles. The lowest BCUT2D eigenvalue weighted by Gasteiger charge is -2.43. The molecule has 0 radical (unpaired) electrons. The third-order valence-electron chi connectivity index (χ3n) is 5.29. The first-order valence-electron chi connectivity index (χ1n) is 8.86. The van der Waals surface area contributed by atoms with Gasteiger partial charge in [-0.2, -0.15) is 0 Å². The number of piperidine rings is 1. The van der Waals surface area contributed by atoms with Gasteiger partial charge in [-0.25, -0.2) is 4.79 Å². The number of amides is 1. The lowest BCUT2D eigenvalue weighted by atomic mass is 9.85. The van der Waals surface area contributed by atoms with Crippen molar-refractivity contribution in [3.63, 3.8) is 0 Å². The van der Waals surface area contributed by atoms with E-state index in [1.54, 1.807) is 0 Å². The zero-order valence-corrected chi connectivity index (χ0v) is 15.2. The third kappa shape index (κ3) is 4.15. The highest BCUT2D eigenvalue weighted by Gasteiger charge is 2.39. The number of carbonyl (C=O) groups is 1. The molecular formula is C18H34N2O2. The molecule has 0 bridgehead atoms. The first-order valence-corrected chi connectivity index (χ1v) is 8.86. The van der Waals surface area contributed by atoms with Gasteiger partial charge in [-0.3, -0.25) is 0 Å². The number of nitrogens with one attached hydrogen (secondary N) is 1. The maximum absolute atomic E-state index is 12.4. The molecule has 1 saturated heterocycles. The monoisotopic (exact) mass is 310 g/mol. The maximum Gasteiger partial charge on any atom is 0.410 e. The van der Waals surface area contributed by atoms with Crippen LogP contribution in [0.1, 0.15) is 73.6 Å². The highest BCUT2D eigenvalue weighted by molar-refractivity contribution is 5.68. The average Bonchev–Trinajstić information content (AvgIpc) is 2.69. The molecule has 2 fully saturated rings. The van der Waals surface area contributed by atoms with Gasteiger partial charge in [-0.15, -0.1) is 0 Å². The fourth-order valence-corrected chi connectivity index (χ4v) is 3.84. The Balaban J connectivity index is 1.98. The molecule has 1 aliphatic heterocycles. The van der Waals surface area contributed by atoms with E-state index in [1.165, 1.54) is 19.3 Å². The van der Waals surface area contributed by atoms with Crippen molar-refractivity contribution in [2.75, 3.05) is 6.54 Å². The minimum Gasteiger partial charge on any atom is -0.444 e. The molecule has 0 aromatic heterocycles. The first-order chi connectivity index (χ1) is 10.1. The van der Waals surface area contributed by atoms with E-state index in [4.69, 9.17) is 4.74 Å². The number of carbonyl (C=O) groups excluding carboxylic acids is 1. The summed E-state index contributed by atoms with van der Waals surface area (Å²) in [7, 11) is 0. The number of hydrogen-bond acceptors (Lipinski definition) is 3. The van der Waals surface area contributed by atoms with E-state index in [0.29, 0.717) is 17.5 Å². The van der Waals surface area contributed by atoms with Crippen LogP contribution >= 0.6 is 0 Å². The van der Waals surface area contributed by atoms with E-state index in [-0.39, 0.29) is 12.1 Å². The van der Waals surface area contributed by atoms with E-state index in [1.807, 2.05) is 25.7 Å². The Hall–Kier alpha value is -0.770. The van der Waals surface area contributed by atoms with Crippen LogP contribution in [0, 0.1) is 5.41 Å². The van der Waals surface area contributed by atoms with Gasteiger partial charge in [0.2, 0.25) is 0 Å². The quantitative estimate of drug-likeness (QED) is 0.840. The van der Waals surface area contributed by atoms with Gasteiger partial charge in [0.15, 0.2) is 0 Å². The molecule has 1 N–H and O–H groups in total. The zero-order chi connectivity index (χ0) is 16.5. The Labute approximate surface area is 136 Å². The van der Waals surface area contributed by atoms with Gasteiger partial charge in [-0.05, 0) is 58.8 Å².